The smallest absolute Gasteiger partial charge is 0.463 e. The molecular formula is C12H24O5Si. The van der Waals surface area contributed by atoms with E-state index in [9.17, 15) is 4.79 Å². The first-order valence-electron chi connectivity index (χ1n) is 6.10. The summed E-state index contributed by atoms with van der Waals surface area (Å²) in [6.07, 6.45) is 2.77. The Labute approximate surface area is 110 Å². The second-order valence-electron chi connectivity index (χ2n) is 3.90. The van der Waals surface area contributed by atoms with Gasteiger partial charge in [0.15, 0.2) is 0 Å². The number of ether oxygens (including phenoxy) is 1. The summed E-state index contributed by atoms with van der Waals surface area (Å²) in [7, 11) is 0.555. The van der Waals surface area contributed by atoms with Crippen LogP contribution in [0.1, 0.15) is 26.7 Å². The number of carbonyl (C=O) groups excluding carboxylic acids is 1. The van der Waals surface area contributed by atoms with Crippen molar-refractivity contribution in [3.8, 4) is 0 Å². The molecule has 6 heteroatoms. The van der Waals surface area contributed by atoms with Crippen molar-refractivity contribution in [1.82, 2.24) is 0 Å². The molecule has 106 valence electrons. The first-order valence-corrected chi connectivity index (χ1v) is 8.04. The molecule has 0 saturated carbocycles. The normalized spacial score (nSPS) is 13.1. The lowest BCUT2D eigenvalue weighted by Gasteiger charge is -2.29. The molecule has 0 spiro atoms. The number of rotatable bonds is 10. The van der Waals surface area contributed by atoms with Gasteiger partial charge in [-0.15, -0.1) is 0 Å². The molecule has 0 heterocycles. The SMILES string of the molecule is C=CC(=O)OCCC[Si](OC)(OC)OC(C)CC. The van der Waals surface area contributed by atoms with Crippen molar-refractivity contribution in [2.45, 2.75) is 38.8 Å². The molecule has 0 amide bonds. The van der Waals surface area contributed by atoms with Crippen LogP contribution in [0.4, 0.5) is 0 Å². The summed E-state index contributed by atoms with van der Waals surface area (Å²) in [4.78, 5) is 10.9. The molecule has 0 N–H and O–H groups in total. The Morgan fingerprint density at radius 2 is 2.00 bits per heavy atom. The Bertz CT molecular complexity index is 253. The number of carbonyl (C=O) groups is 1. The van der Waals surface area contributed by atoms with Gasteiger partial charge >= 0.3 is 14.8 Å². The van der Waals surface area contributed by atoms with Crippen molar-refractivity contribution in [2.75, 3.05) is 20.8 Å². The Kier molecular flexibility index (Phi) is 8.91. The van der Waals surface area contributed by atoms with Crippen LogP contribution in [0.5, 0.6) is 0 Å². The molecule has 0 aliphatic carbocycles. The molecule has 0 saturated heterocycles. The largest absolute Gasteiger partial charge is 0.500 e. The molecule has 0 rings (SSSR count). The van der Waals surface area contributed by atoms with Gasteiger partial charge in [-0.05, 0) is 19.8 Å². The highest BCUT2D eigenvalue weighted by Crippen LogP contribution is 2.19. The molecule has 1 unspecified atom stereocenters. The van der Waals surface area contributed by atoms with Crippen molar-refractivity contribution in [1.29, 1.82) is 0 Å². The minimum atomic E-state index is -2.63. The lowest BCUT2D eigenvalue weighted by Crippen LogP contribution is -2.46. The molecule has 0 bridgehead atoms. The molecule has 0 radical (unpaired) electrons. The van der Waals surface area contributed by atoms with Crippen LogP contribution in [-0.2, 0) is 22.8 Å². The fourth-order valence-corrected chi connectivity index (χ4v) is 3.60. The quantitative estimate of drug-likeness (QED) is 0.265. The Morgan fingerprint density at radius 1 is 1.39 bits per heavy atom. The average molecular weight is 276 g/mol. The van der Waals surface area contributed by atoms with Crippen LogP contribution >= 0.6 is 0 Å². The van der Waals surface area contributed by atoms with Gasteiger partial charge in [0.1, 0.15) is 0 Å². The van der Waals surface area contributed by atoms with E-state index < -0.39 is 14.8 Å². The van der Waals surface area contributed by atoms with Gasteiger partial charge in [-0.2, -0.15) is 0 Å². The van der Waals surface area contributed by atoms with E-state index in [2.05, 4.69) is 6.58 Å². The highest BCUT2D eigenvalue weighted by atomic mass is 28.4. The Morgan fingerprint density at radius 3 is 2.44 bits per heavy atom. The van der Waals surface area contributed by atoms with Crippen LogP contribution < -0.4 is 0 Å². The summed E-state index contributed by atoms with van der Waals surface area (Å²) in [5.41, 5.74) is 0. The van der Waals surface area contributed by atoms with Gasteiger partial charge in [-0.25, -0.2) is 4.79 Å². The first-order chi connectivity index (χ1) is 8.53. The van der Waals surface area contributed by atoms with E-state index in [1.807, 2.05) is 13.8 Å². The standard InChI is InChI=1S/C12H24O5Si/c1-6-11(3)17-18(14-4,15-5)10-8-9-16-12(13)7-2/h7,11H,2,6,8-10H2,1,3-5H3. The third-order valence-corrected chi connectivity index (χ3v) is 5.59. The summed E-state index contributed by atoms with van der Waals surface area (Å²) in [5.74, 6) is -0.417. The number of hydrogen-bond donors (Lipinski definition) is 0. The van der Waals surface area contributed by atoms with E-state index in [4.69, 9.17) is 18.0 Å². The molecule has 0 aliphatic rings. The Balaban J connectivity index is 4.17. The van der Waals surface area contributed by atoms with Gasteiger partial charge in [0.2, 0.25) is 0 Å². The van der Waals surface area contributed by atoms with Crippen LogP contribution in [0.15, 0.2) is 12.7 Å². The van der Waals surface area contributed by atoms with Crippen LogP contribution in [0.2, 0.25) is 6.04 Å². The maximum Gasteiger partial charge on any atom is 0.500 e. The molecule has 1 atom stereocenters. The summed E-state index contributed by atoms with van der Waals surface area (Å²) in [6.45, 7) is 7.67. The molecule has 0 aromatic carbocycles. The molecule has 0 aliphatic heterocycles. The fourth-order valence-electron chi connectivity index (χ4n) is 1.35. The lowest BCUT2D eigenvalue weighted by atomic mass is 10.3. The summed E-state index contributed by atoms with van der Waals surface area (Å²) < 4.78 is 21.6. The van der Waals surface area contributed by atoms with Crippen LogP contribution in [0, 0.1) is 0 Å². The fraction of sp³-hybridized carbons (Fsp3) is 0.750. The lowest BCUT2D eigenvalue weighted by molar-refractivity contribution is -0.137. The molecule has 0 fully saturated rings. The zero-order valence-corrected chi connectivity index (χ0v) is 12.7. The van der Waals surface area contributed by atoms with Crippen molar-refractivity contribution >= 4 is 14.8 Å². The topological polar surface area (TPSA) is 54.0 Å². The highest BCUT2D eigenvalue weighted by molar-refractivity contribution is 6.60. The number of esters is 1. The van der Waals surface area contributed by atoms with Gasteiger partial charge in [0.05, 0.1) is 6.61 Å². The minimum Gasteiger partial charge on any atom is -0.463 e. The van der Waals surface area contributed by atoms with Gasteiger partial charge in [0, 0.05) is 32.4 Å². The second kappa shape index (κ2) is 9.27. The van der Waals surface area contributed by atoms with Crippen LogP contribution in [0.3, 0.4) is 0 Å². The maximum atomic E-state index is 10.9. The minimum absolute atomic E-state index is 0.0901. The zero-order chi connectivity index (χ0) is 14.0. The van der Waals surface area contributed by atoms with E-state index in [1.54, 1.807) is 14.2 Å². The van der Waals surface area contributed by atoms with E-state index in [-0.39, 0.29) is 6.10 Å². The van der Waals surface area contributed by atoms with Crippen molar-refractivity contribution < 1.29 is 22.8 Å². The second-order valence-corrected chi connectivity index (χ2v) is 6.82. The highest BCUT2D eigenvalue weighted by Gasteiger charge is 2.39. The predicted molar refractivity (Wildman–Crippen MR) is 71.2 cm³/mol. The molecule has 0 aromatic heterocycles. The third-order valence-electron chi connectivity index (χ3n) is 2.62. The zero-order valence-electron chi connectivity index (χ0n) is 11.7. The van der Waals surface area contributed by atoms with Crippen molar-refractivity contribution in [2.24, 2.45) is 0 Å². The summed E-state index contributed by atoms with van der Waals surface area (Å²) >= 11 is 0. The van der Waals surface area contributed by atoms with Gasteiger partial charge in [0.25, 0.3) is 0 Å². The average Bonchev–Trinajstić information content (AvgIpc) is 2.41. The van der Waals surface area contributed by atoms with Gasteiger partial charge < -0.3 is 18.0 Å². The van der Waals surface area contributed by atoms with Crippen molar-refractivity contribution in [3.05, 3.63) is 12.7 Å². The third kappa shape index (κ3) is 6.30. The van der Waals surface area contributed by atoms with Crippen LogP contribution in [-0.4, -0.2) is 41.7 Å². The predicted octanol–water partition coefficient (Wildman–Crippen LogP) is 2.15. The van der Waals surface area contributed by atoms with Gasteiger partial charge in [-0.1, -0.05) is 13.5 Å². The molecular weight excluding hydrogens is 252 g/mol. The van der Waals surface area contributed by atoms with Crippen LogP contribution in [0.25, 0.3) is 0 Å². The number of hydrogen-bond acceptors (Lipinski definition) is 5. The summed E-state index contributed by atoms with van der Waals surface area (Å²) in [5, 5.41) is 0. The first kappa shape index (κ1) is 17.3. The van der Waals surface area contributed by atoms with E-state index in [0.29, 0.717) is 19.1 Å². The van der Waals surface area contributed by atoms with Crippen molar-refractivity contribution in [3.63, 3.8) is 0 Å². The molecule has 18 heavy (non-hydrogen) atoms. The van der Waals surface area contributed by atoms with Gasteiger partial charge in [-0.3, -0.25) is 0 Å². The summed E-state index contributed by atoms with van der Waals surface area (Å²) in [6, 6.07) is 0.620. The van der Waals surface area contributed by atoms with E-state index >= 15 is 0 Å². The molecule has 0 aromatic rings. The van der Waals surface area contributed by atoms with E-state index in [0.717, 1.165) is 12.5 Å². The maximum absolute atomic E-state index is 10.9. The monoisotopic (exact) mass is 276 g/mol. The van der Waals surface area contributed by atoms with E-state index in [1.165, 1.54) is 0 Å². The molecule has 5 nitrogen and oxygen atoms in total. The Hall–Kier alpha value is -0.693.